The molecule has 3 N–H and O–H groups in total. The molecule has 1 aliphatic carbocycles. The highest BCUT2D eigenvalue weighted by molar-refractivity contribution is 9.10. The molecule has 1 aromatic carbocycles. The van der Waals surface area contributed by atoms with Crippen LogP contribution in [0.25, 0.3) is 0 Å². The lowest BCUT2D eigenvalue weighted by Gasteiger charge is -2.30. The van der Waals surface area contributed by atoms with Crippen molar-refractivity contribution in [1.29, 1.82) is 0 Å². The SMILES string of the molecule is NNC(c1cccc(Br)c1)C1CCCCC1. The number of nitrogens with one attached hydrogen (secondary N) is 1. The van der Waals surface area contributed by atoms with Crippen molar-refractivity contribution in [3.05, 3.63) is 34.3 Å². The van der Waals surface area contributed by atoms with Crippen molar-refractivity contribution in [3.8, 4) is 0 Å². The van der Waals surface area contributed by atoms with E-state index in [2.05, 4.69) is 45.6 Å². The molecule has 0 bridgehead atoms. The summed E-state index contributed by atoms with van der Waals surface area (Å²) in [7, 11) is 0. The molecule has 88 valence electrons. The van der Waals surface area contributed by atoms with E-state index in [-0.39, 0.29) is 0 Å². The fourth-order valence-electron chi connectivity index (χ4n) is 2.67. The Balaban J connectivity index is 2.14. The second kappa shape index (κ2) is 5.80. The summed E-state index contributed by atoms with van der Waals surface area (Å²) in [5.74, 6) is 6.41. The van der Waals surface area contributed by atoms with Crippen molar-refractivity contribution in [1.82, 2.24) is 5.43 Å². The average Bonchev–Trinajstić information content (AvgIpc) is 2.31. The first-order valence-electron chi connectivity index (χ1n) is 6.03. The monoisotopic (exact) mass is 282 g/mol. The second-order valence-corrected chi connectivity index (χ2v) is 5.51. The number of rotatable bonds is 3. The lowest BCUT2D eigenvalue weighted by molar-refractivity contribution is 0.273. The Hall–Kier alpha value is -0.380. The maximum atomic E-state index is 5.72. The van der Waals surface area contributed by atoms with Gasteiger partial charge < -0.3 is 0 Å². The van der Waals surface area contributed by atoms with Crippen LogP contribution >= 0.6 is 15.9 Å². The first kappa shape index (κ1) is 12.1. The minimum Gasteiger partial charge on any atom is -0.271 e. The Labute approximate surface area is 106 Å². The molecule has 1 unspecified atom stereocenters. The molecule has 2 rings (SSSR count). The van der Waals surface area contributed by atoms with E-state index in [1.54, 1.807) is 0 Å². The van der Waals surface area contributed by atoms with Crippen LogP contribution in [0, 0.1) is 5.92 Å². The van der Waals surface area contributed by atoms with Gasteiger partial charge in [-0.05, 0) is 36.5 Å². The summed E-state index contributed by atoms with van der Waals surface area (Å²) in [6.45, 7) is 0. The number of hydrazine groups is 1. The molecule has 0 spiro atoms. The van der Waals surface area contributed by atoms with Crippen LogP contribution in [0.2, 0.25) is 0 Å². The van der Waals surface area contributed by atoms with Crippen LogP contribution in [0.1, 0.15) is 43.7 Å². The third-order valence-electron chi connectivity index (χ3n) is 3.51. The van der Waals surface area contributed by atoms with Crippen LogP contribution in [0.15, 0.2) is 28.7 Å². The molecule has 0 amide bonds. The number of benzene rings is 1. The zero-order chi connectivity index (χ0) is 11.4. The quantitative estimate of drug-likeness (QED) is 0.658. The molecule has 0 radical (unpaired) electrons. The Morgan fingerprint density at radius 2 is 2.00 bits per heavy atom. The Bertz CT molecular complexity index is 334. The zero-order valence-electron chi connectivity index (χ0n) is 9.45. The molecule has 1 aromatic rings. The normalized spacial score (nSPS) is 19.6. The van der Waals surface area contributed by atoms with E-state index in [9.17, 15) is 0 Å². The van der Waals surface area contributed by atoms with Gasteiger partial charge in [0.2, 0.25) is 0 Å². The van der Waals surface area contributed by atoms with Gasteiger partial charge in [0.1, 0.15) is 0 Å². The first-order valence-corrected chi connectivity index (χ1v) is 6.82. The van der Waals surface area contributed by atoms with Gasteiger partial charge in [-0.1, -0.05) is 47.3 Å². The van der Waals surface area contributed by atoms with Gasteiger partial charge in [-0.25, -0.2) is 0 Å². The molecule has 0 aliphatic heterocycles. The van der Waals surface area contributed by atoms with Gasteiger partial charge in [-0.2, -0.15) is 0 Å². The summed E-state index contributed by atoms with van der Waals surface area (Å²) >= 11 is 3.52. The zero-order valence-corrected chi connectivity index (χ0v) is 11.0. The fraction of sp³-hybridized carbons (Fsp3) is 0.538. The topological polar surface area (TPSA) is 38.0 Å². The van der Waals surface area contributed by atoms with Gasteiger partial charge in [0.25, 0.3) is 0 Å². The lowest BCUT2D eigenvalue weighted by Crippen LogP contribution is -2.34. The average molecular weight is 283 g/mol. The van der Waals surface area contributed by atoms with Crippen molar-refractivity contribution in [2.24, 2.45) is 11.8 Å². The highest BCUT2D eigenvalue weighted by Gasteiger charge is 2.23. The lowest BCUT2D eigenvalue weighted by atomic mass is 9.81. The largest absolute Gasteiger partial charge is 0.271 e. The van der Waals surface area contributed by atoms with Crippen molar-refractivity contribution in [3.63, 3.8) is 0 Å². The number of halogens is 1. The van der Waals surface area contributed by atoms with E-state index in [4.69, 9.17) is 5.84 Å². The predicted molar refractivity (Wildman–Crippen MR) is 70.8 cm³/mol. The van der Waals surface area contributed by atoms with Crippen molar-refractivity contribution in [2.75, 3.05) is 0 Å². The van der Waals surface area contributed by atoms with Crippen molar-refractivity contribution < 1.29 is 0 Å². The maximum absolute atomic E-state index is 5.72. The third-order valence-corrected chi connectivity index (χ3v) is 4.00. The summed E-state index contributed by atoms with van der Waals surface area (Å²) in [4.78, 5) is 0. The molecular weight excluding hydrogens is 264 g/mol. The van der Waals surface area contributed by atoms with Crippen LogP contribution in [0.3, 0.4) is 0 Å². The van der Waals surface area contributed by atoms with Crippen LogP contribution in [0.4, 0.5) is 0 Å². The molecule has 0 heterocycles. The van der Waals surface area contributed by atoms with E-state index >= 15 is 0 Å². The Morgan fingerprint density at radius 3 is 2.62 bits per heavy atom. The Morgan fingerprint density at radius 1 is 1.25 bits per heavy atom. The summed E-state index contributed by atoms with van der Waals surface area (Å²) in [5, 5.41) is 0. The molecule has 1 fully saturated rings. The van der Waals surface area contributed by atoms with E-state index in [1.807, 2.05) is 0 Å². The predicted octanol–water partition coefficient (Wildman–Crippen LogP) is 3.53. The molecule has 0 saturated heterocycles. The van der Waals surface area contributed by atoms with Gasteiger partial charge >= 0.3 is 0 Å². The molecular formula is C13H19BrN2. The van der Waals surface area contributed by atoms with Crippen LogP contribution in [0.5, 0.6) is 0 Å². The molecule has 2 nitrogen and oxygen atoms in total. The van der Waals surface area contributed by atoms with E-state index in [0.29, 0.717) is 12.0 Å². The van der Waals surface area contributed by atoms with Crippen LogP contribution < -0.4 is 11.3 Å². The summed E-state index contributed by atoms with van der Waals surface area (Å²) in [6.07, 6.45) is 6.66. The van der Waals surface area contributed by atoms with Gasteiger partial charge in [-0.3, -0.25) is 11.3 Å². The molecule has 0 aromatic heterocycles. The van der Waals surface area contributed by atoms with Crippen molar-refractivity contribution >= 4 is 15.9 Å². The van der Waals surface area contributed by atoms with Gasteiger partial charge in [0.15, 0.2) is 0 Å². The first-order chi connectivity index (χ1) is 7.81. The summed E-state index contributed by atoms with van der Waals surface area (Å²) in [5.41, 5.74) is 4.29. The smallest absolute Gasteiger partial charge is 0.0488 e. The highest BCUT2D eigenvalue weighted by atomic mass is 79.9. The van der Waals surface area contributed by atoms with Gasteiger partial charge in [-0.15, -0.1) is 0 Å². The minimum absolute atomic E-state index is 0.304. The second-order valence-electron chi connectivity index (χ2n) is 4.60. The minimum atomic E-state index is 0.304. The highest BCUT2D eigenvalue weighted by Crippen LogP contribution is 2.34. The number of nitrogens with two attached hydrogens (primary N) is 1. The molecule has 1 atom stereocenters. The number of hydrogen-bond donors (Lipinski definition) is 2. The molecule has 3 heteroatoms. The maximum Gasteiger partial charge on any atom is 0.0488 e. The standard InChI is InChI=1S/C13H19BrN2/c14-12-8-4-7-11(9-12)13(16-15)10-5-2-1-3-6-10/h4,7-10,13,16H,1-3,5-6,15H2. The number of hydrogen-bond acceptors (Lipinski definition) is 2. The van der Waals surface area contributed by atoms with E-state index in [1.165, 1.54) is 37.7 Å². The molecule has 16 heavy (non-hydrogen) atoms. The van der Waals surface area contributed by atoms with E-state index < -0.39 is 0 Å². The fourth-order valence-corrected chi connectivity index (χ4v) is 3.09. The Kier molecular flexibility index (Phi) is 4.38. The van der Waals surface area contributed by atoms with Gasteiger partial charge in [0.05, 0.1) is 0 Å². The van der Waals surface area contributed by atoms with E-state index in [0.717, 1.165) is 4.47 Å². The van der Waals surface area contributed by atoms with Crippen LogP contribution in [-0.2, 0) is 0 Å². The van der Waals surface area contributed by atoms with Crippen LogP contribution in [-0.4, -0.2) is 0 Å². The molecule has 1 aliphatic rings. The third kappa shape index (κ3) is 2.84. The summed E-state index contributed by atoms with van der Waals surface area (Å²) < 4.78 is 1.13. The molecule has 1 saturated carbocycles. The van der Waals surface area contributed by atoms with Gasteiger partial charge in [0, 0.05) is 10.5 Å². The summed E-state index contributed by atoms with van der Waals surface area (Å²) in [6, 6.07) is 8.76. The van der Waals surface area contributed by atoms with Crippen molar-refractivity contribution in [2.45, 2.75) is 38.1 Å².